The van der Waals surface area contributed by atoms with Gasteiger partial charge in [0.05, 0.1) is 0 Å². The van der Waals surface area contributed by atoms with Gasteiger partial charge in [-0.1, -0.05) is 35.4 Å². The van der Waals surface area contributed by atoms with Gasteiger partial charge in [0.25, 0.3) is 0 Å². The van der Waals surface area contributed by atoms with Crippen LogP contribution in [0.3, 0.4) is 0 Å². The van der Waals surface area contributed by atoms with Gasteiger partial charge in [0.2, 0.25) is 0 Å². The molecule has 22 heavy (non-hydrogen) atoms. The fourth-order valence-electron chi connectivity index (χ4n) is 4.13. The quantitative estimate of drug-likeness (QED) is 0.366. The average molecular weight is 379 g/mol. The van der Waals surface area contributed by atoms with Gasteiger partial charge in [-0.15, -0.1) is 0 Å². The Morgan fingerprint density at radius 2 is 1.18 bits per heavy atom. The summed E-state index contributed by atoms with van der Waals surface area (Å²) in [7, 11) is 1.70. The smallest absolute Gasteiger partial charge is 0.193 e. The van der Waals surface area contributed by atoms with Crippen LogP contribution in [-0.4, -0.2) is 40.3 Å². The molecule has 6 heteroatoms. The van der Waals surface area contributed by atoms with E-state index in [-0.39, 0.29) is 0 Å². The molecule has 4 unspecified atom stereocenters. The van der Waals surface area contributed by atoms with E-state index in [2.05, 4.69) is 49.3 Å². The normalized spacial score (nSPS) is 38.7. The molecular weight excluding hydrogens is 344 g/mol. The van der Waals surface area contributed by atoms with Crippen molar-refractivity contribution in [1.29, 1.82) is 0 Å². The van der Waals surface area contributed by atoms with Gasteiger partial charge in [-0.3, -0.25) is 0 Å². The number of hydrogen-bond donors (Lipinski definition) is 0. The second kappa shape index (κ2) is 8.95. The maximum absolute atomic E-state index is 6.23. The maximum atomic E-state index is 6.23. The lowest BCUT2D eigenvalue weighted by Crippen LogP contribution is -2.34. The molecule has 2 saturated heterocycles. The van der Waals surface area contributed by atoms with Crippen molar-refractivity contribution in [2.75, 3.05) is 13.2 Å². The number of hydrogen-bond acceptors (Lipinski definition) is 4. The molecule has 0 bridgehead atoms. The molecule has 130 valence electrons. The van der Waals surface area contributed by atoms with Crippen molar-refractivity contribution in [2.24, 2.45) is 0 Å². The predicted molar refractivity (Wildman–Crippen MR) is 107 cm³/mol. The van der Waals surface area contributed by atoms with E-state index in [1.807, 2.05) is 0 Å². The van der Waals surface area contributed by atoms with Crippen LogP contribution in [0, 0.1) is 0 Å². The lowest BCUT2D eigenvalue weighted by atomic mass is 10.4. The van der Waals surface area contributed by atoms with Gasteiger partial charge in [0, 0.05) is 23.7 Å². The molecule has 2 fully saturated rings. The Kier molecular flexibility index (Phi) is 7.88. The van der Waals surface area contributed by atoms with Gasteiger partial charge in [-0.25, -0.2) is 0 Å². The standard InChI is InChI=1S/C16H34O2S2Si2/c1-5-17-21(7-3)11-9-15(13-21)19-20-16-10-12-22(8-4,14-16)18-6-2/h15-16H,5-14H2,1-4H3. The lowest BCUT2D eigenvalue weighted by molar-refractivity contribution is 0.324. The highest BCUT2D eigenvalue weighted by Crippen LogP contribution is 2.50. The van der Waals surface area contributed by atoms with Crippen molar-refractivity contribution in [3.8, 4) is 0 Å². The molecule has 2 nitrogen and oxygen atoms in total. The highest BCUT2D eigenvalue weighted by Gasteiger charge is 2.44. The molecule has 0 aromatic rings. The van der Waals surface area contributed by atoms with Crippen LogP contribution in [0.15, 0.2) is 0 Å². The summed E-state index contributed by atoms with van der Waals surface area (Å²) >= 11 is 0. The Morgan fingerprint density at radius 3 is 1.50 bits per heavy atom. The third kappa shape index (κ3) is 4.79. The van der Waals surface area contributed by atoms with Crippen molar-refractivity contribution in [3.05, 3.63) is 0 Å². The van der Waals surface area contributed by atoms with Crippen LogP contribution in [0.25, 0.3) is 0 Å². The summed E-state index contributed by atoms with van der Waals surface area (Å²) in [6.45, 7) is 10.9. The highest BCUT2D eigenvalue weighted by molar-refractivity contribution is 8.77. The maximum Gasteiger partial charge on any atom is 0.193 e. The van der Waals surface area contributed by atoms with Crippen molar-refractivity contribution >= 4 is 38.2 Å². The highest BCUT2D eigenvalue weighted by atomic mass is 33.1. The molecule has 0 aromatic heterocycles. The summed E-state index contributed by atoms with van der Waals surface area (Å²) in [4.78, 5) is 0. The first kappa shape index (κ1) is 19.4. The van der Waals surface area contributed by atoms with E-state index < -0.39 is 16.6 Å². The molecule has 2 aliphatic heterocycles. The van der Waals surface area contributed by atoms with Crippen LogP contribution < -0.4 is 0 Å². The molecule has 0 aliphatic carbocycles. The van der Waals surface area contributed by atoms with Gasteiger partial charge in [0.15, 0.2) is 16.6 Å². The molecule has 0 saturated carbocycles. The Bertz CT molecular complexity index is 316. The van der Waals surface area contributed by atoms with E-state index in [0.717, 1.165) is 23.7 Å². The molecular formula is C16H34O2S2Si2. The summed E-state index contributed by atoms with van der Waals surface area (Å²) < 4.78 is 12.5. The van der Waals surface area contributed by atoms with Crippen LogP contribution in [0.5, 0.6) is 0 Å². The zero-order valence-corrected chi connectivity index (χ0v) is 18.5. The predicted octanol–water partition coefficient (Wildman–Crippen LogP) is 5.92. The summed E-state index contributed by atoms with van der Waals surface area (Å²) in [6.07, 6.45) is 2.79. The van der Waals surface area contributed by atoms with Crippen molar-refractivity contribution in [2.45, 2.75) is 87.3 Å². The van der Waals surface area contributed by atoms with Crippen molar-refractivity contribution in [3.63, 3.8) is 0 Å². The SMILES string of the molecule is CCO[Si]1(CC)CCC(SSC2CC[Si](CC)(OCC)C2)C1. The van der Waals surface area contributed by atoms with E-state index in [1.165, 1.54) is 49.1 Å². The summed E-state index contributed by atoms with van der Waals surface area (Å²) in [5.41, 5.74) is 0. The molecule has 0 radical (unpaired) electrons. The minimum Gasteiger partial charge on any atom is -0.417 e. The van der Waals surface area contributed by atoms with Gasteiger partial charge in [-0.2, -0.15) is 0 Å². The van der Waals surface area contributed by atoms with E-state index in [1.54, 1.807) is 0 Å². The van der Waals surface area contributed by atoms with Gasteiger partial charge >= 0.3 is 0 Å². The second-order valence-corrected chi connectivity index (χ2v) is 18.3. The minimum atomic E-state index is -1.34. The third-order valence-electron chi connectivity index (χ3n) is 5.56. The Morgan fingerprint density at radius 1 is 0.773 bits per heavy atom. The fraction of sp³-hybridized carbons (Fsp3) is 1.00. The van der Waals surface area contributed by atoms with Crippen molar-refractivity contribution < 1.29 is 8.85 Å². The monoisotopic (exact) mass is 378 g/mol. The molecule has 0 N–H and O–H groups in total. The van der Waals surface area contributed by atoms with Gasteiger partial charge in [0.1, 0.15) is 0 Å². The summed E-state index contributed by atoms with van der Waals surface area (Å²) in [6, 6.07) is 8.19. The largest absolute Gasteiger partial charge is 0.417 e. The minimum absolute atomic E-state index is 0.855. The van der Waals surface area contributed by atoms with Crippen LogP contribution in [-0.2, 0) is 8.85 Å². The van der Waals surface area contributed by atoms with E-state index >= 15 is 0 Å². The average Bonchev–Trinajstić information content (AvgIpc) is 3.12. The number of rotatable bonds is 9. The molecule has 2 aliphatic rings. The van der Waals surface area contributed by atoms with Crippen LogP contribution in [0.1, 0.15) is 40.5 Å². The van der Waals surface area contributed by atoms with E-state index in [4.69, 9.17) is 8.85 Å². The second-order valence-electron chi connectivity index (χ2n) is 6.86. The molecule has 2 rings (SSSR count). The molecule has 2 heterocycles. The van der Waals surface area contributed by atoms with Gasteiger partial charge in [-0.05, 0) is 63.0 Å². The summed E-state index contributed by atoms with van der Waals surface area (Å²) in [5, 5.41) is 1.71. The Balaban J connectivity index is 1.76. The van der Waals surface area contributed by atoms with Gasteiger partial charge < -0.3 is 8.85 Å². The Hall–Kier alpha value is 1.05. The first-order chi connectivity index (χ1) is 10.6. The zero-order valence-electron chi connectivity index (χ0n) is 14.9. The van der Waals surface area contributed by atoms with Crippen LogP contribution in [0.2, 0.25) is 36.3 Å². The van der Waals surface area contributed by atoms with E-state index in [0.29, 0.717) is 0 Å². The first-order valence-electron chi connectivity index (χ1n) is 9.21. The molecule has 0 aromatic carbocycles. The molecule has 0 spiro atoms. The molecule has 4 atom stereocenters. The Labute approximate surface area is 147 Å². The zero-order chi connectivity index (χ0) is 16.1. The van der Waals surface area contributed by atoms with Crippen molar-refractivity contribution in [1.82, 2.24) is 0 Å². The molecule has 0 amide bonds. The first-order valence-corrected chi connectivity index (χ1v) is 16.5. The third-order valence-corrected chi connectivity index (χ3v) is 18.8. The van der Waals surface area contributed by atoms with Crippen LogP contribution >= 0.6 is 21.6 Å². The van der Waals surface area contributed by atoms with E-state index in [9.17, 15) is 0 Å². The lowest BCUT2D eigenvalue weighted by Gasteiger charge is -2.25. The van der Waals surface area contributed by atoms with Crippen LogP contribution in [0.4, 0.5) is 0 Å². The summed E-state index contributed by atoms with van der Waals surface area (Å²) in [5.74, 6) is 0. The fourth-order valence-corrected chi connectivity index (χ4v) is 18.1. The topological polar surface area (TPSA) is 18.5 Å².